The molecule has 5 heteroatoms. The maximum absolute atomic E-state index is 12.5. The van der Waals surface area contributed by atoms with Crippen LogP contribution in [0.3, 0.4) is 0 Å². The number of carbonyl (C=O) groups is 1. The van der Waals surface area contributed by atoms with Gasteiger partial charge in [-0.3, -0.25) is 4.79 Å². The molecule has 1 fully saturated rings. The zero-order chi connectivity index (χ0) is 11.4. The number of carbonyl (C=O) groups excluding carboxylic acids is 1. The van der Waals surface area contributed by atoms with Gasteiger partial charge in [-0.05, 0) is 12.3 Å². The van der Waals surface area contributed by atoms with E-state index in [-0.39, 0.29) is 11.7 Å². The molecule has 1 aliphatic heterocycles. The molecule has 1 amide bonds. The van der Waals surface area contributed by atoms with E-state index in [1.165, 1.54) is 0 Å². The number of rotatable bonds is 1. The zero-order valence-corrected chi connectivity index (χ0v) is 8.61. The first-order valence-electron chi connectivity index (χ1n) is 5.00. The van der Waals surface area contributed by atoms with Crippen LogP contribution < -0.4 is 0 Å². The first-order valence-corrected chi connectivity index (χ1v) is 5.00. The number of aromatic nitrogens is 2. The molecule has 0 unspecified atom stereocenters. The van der Waals surface area contributed by atoms with Crippen LogP contribution in [0.1, 0.15) is 18.7 Å². The highest BCUT2D eigenvalue weighted by molar-refractivity contribution is 5.78. The molecule has 2 heterocycles. The Balaban J connectivity index is 1.95. The molecule has 1 aromatic rings. The van der Waals surface area contributed by atoms with Gasteiger partial charge in [0.05, 0.1) is 18.9 Å². The van der Waals surface area contributed by atoms with Crippen molar-refractivity contribution in [1.29, 1.82) is 0 Å². The Bertz CT molecular complexity index is 447. The molecule has 0 aromatic carbocycles. The Morgan fingerprint density at radius 1 is 1.44 bits per heavy atom. The fraction of sp³-hybridized carbons (Fsp3) is 0.364. The number of hydrogen-bond acceptors (Lipinski definition) is 3. The minimum Gasteiger partial charge on any atom is -0.332 e. The van der Waals surface area contributed by atoms with Gasteiger partial charge in [-0.1, -0.05) is 5.92 Å². The first kappa shape index (κ1) is 10.6. The molecule has 0 saturated carbocycles. The molecule has 1 aliphatic rings. The lowest BCUT2D eigenvalue weighted by atomic mass is 10.4. The van der Waals surface area contributed by atoms with E-state index in [0.29, 0.717) is 13.0 Å². The van der Waals surface area contributed by atoms with Crippen molar-refractivity contribution < 1.29 is 9.18 Å². The van der Waals surface area contributed by atoms with Gasteiger partial charge in [0.25, 0.3) is 0 Å². The third-order valence-corrected chi connectivity index (χ3v) is 2.26. The summed E-state index contributed by atoms with van der Waals surface area (Å²) in [5.41, 5.74) is 0. The first-order chi connectivity index (χ1) is 7.75. The lowest BCUT2D eigenvalue weighted by Gasteiger charge is -2.09. The highest BCUT2D eigenvalue weighted by Gasteiger charge is 2.18. The van der Waals surface area contributed by atoms with Gasteiger partial charge in [-0.15, -0.1) is 0 Å². The van der Waals surface area contributed by atoms with Gasteiger partial charge < -0.3 is 4.90 Å². The van der Waals surface area contributed by atoms with E-state index >= 15 is 0 Å². The van der Waals surface area contributed by atoms with Gasteiger partial charge in [0.2, 0.25) is 11.7 Å². The van der Waals surface area contributed by atoms with Gasteiger partial charge in [-0.25, -0.2) is 14.4 Å². The van der Waals surface area contributed by atoms with Crippen LogP contribution in [-0.2, 0) is 4.79 Å². The Morgan fingerprint density at radius 3 is 2.81 bits per heavy atom. The Kier molecular flexibility index (Phi) is 3.10. The van der Waals surface area contributed by atoms with Crippen LogP contribution in [0.5, 0.6) is 0 Å². The molecule has 0 radical (unpaired) electrons. The minimum atomic E-state index is -0.486. The van der Waals surface area contributed by atoms with Crippen LogP contribution in [0.4, 0.5) is 4.39 Å². The van der Waals surface area contributed by atoms with Crippen molar-refractivity contribution in [2.45, 2.75) is 12.8 Å². The zero-order valence-electron chi connectivity index (χ0n) is 8.61. The molecular weight excluding hydrogens is 209 g/mol. The van der Waals surface area contributed by atoms with Crippen molar-refractivity contribution in [1.82, 2.24) is 14.9 Å². The molecule has 0 atom stereocenters. The number of nitrogens with zero attached hydrogens (tertiary/aromatic N) is 3. The molecule has 0 N–H and O–H groups in total. The standard InChI is InChI=1S/C11H10FN3O/c12-9-7-13-10(14-8-9)3-1-5-15-6-2-4-11(15)16/h7-8H,2,4-6H2. The third-order valence-electron chi connectivity index (χ3n) is 2.26. The van der Waals surface area contributed by atoms with E-state index in [9.17, 15) is 9.18 Å². The van der Waals surface area contributed by atoms with E-state index in [1.54, 1.807) is 4.90 Å². The molecule has 0 bridgehead atoms. The second-order valence-corrected chi connectivity index (χ2v) is 3.45. The summed E-state index contributed by atoms with van der Waals surface area (Å²) in [5, 5.41) is 0. The molecule has 1 saturated heterocycles. The molecule has 1 aromatic heterocycles. The Morgan fingerprint density at radius 2 is 2.19 bits per heavy atom. The summed E-state index contributed by atoms with van der Waals surface area (Å²) in [7, 11) is 0. The third kappa shape index (κ3) is 2.54. The second-order valence-electron chi connectivity index (χ2n) is 3.45. The SMILES string of the molecule is O=C1CCCN1CC#Cc1ncc(F)cn1. The molecule has 82 valence electrons. The van der Waals surface area contributed by atoms with Gasteiger partial charge in [0, 0.05) is 13.0 Å². The van der Waals surface area contributed by atoms with Gasteiger partial charge >= 0.3 is 0 Å². The van der Waals surface area contributed by atoms with E-state index in [0.717, 1.165) is 25.4 Å². The summed E-state index contributed by atoms with van der Waals surface area (Å²) < 4.78 is 12.5. The Labute approximate surface area is 92.5 Å². The smallest absolute Gasteiger partial charge is 0.223 e. The number of likely N-dealkylation sites (tertiary alicyclic amines) is 1. The lowest BCUT2D eigenvalue weighted by molar-refractivity contribution is -0.127. The van der Waals surface area contributed by atoms with Crippen LogP contribution in [0, 0.1) is 17.7 Å². The lowest BCUT2D eigenvalue weighted by Crippen LogP contribution is -2.24. The van der Waals surface area contributed by atoms with Crippen LogP contribution >= 0.6 is 0 Å². The highest BCUT2D eigenvalue weighted by Crippen LogP contribution is 2.07. The van der Waals surface area contributed by atoms with Gasteiger partial charge in [-0.2, -0.15) is 0 Å². The topological polar surface area (TPSA) is 46.1 Å². The molecule has 0 spiro atoms. The largest absolute Gasteiger partial charge is 0.332 e. The van der Waals surface area contributed by atoms with Gasteiger partial charge in [0.1, 0.15) is 0 Å². The fourth-order valence-electron chi connectivity index (χ4n) is 1.46. The number of hydrogen-bond donors (Lipinski definition) is 0. The monoisotopic (exact) mass is 219 g/mol. The highest BCUT2D eigenvalue weighted by atomic mass is 19.1. The summed E-state index contributed by atoms with van der Waals surface area (Å²) in [6.07, 6.45) is 3.64. The van der Waals surface area contributed by atoms with Crippen molar-refractivity contribution in [2.24, 2.45) is 0 Å². The maximum atomic E-state index is 12.5. The molecular formula is C11H10FN3O. The Hall–Kier alpha value is -1.96. The van der Waals surface area contributed by atoms with Crippen LogP contribution in [0.2, 0.25) is 0 Å². The van der Waals surface area contributed by atoms with Crippen molar-refractivity contribution >= 4 is 5.91 Å². The van der Waals surface area contributed by atoms with E-state index < -0.39 is 5.82 Å². The molecule has 0 aliphatic carbocycles. The number of amides is 1. The van der Waals surface area contributed by atoms with E-state index in [4.69, 9.17) is 0 Å². The van der Waals surface area contributed by atoms with Crippen LogP contribution in [0.15, 0.2) is 12.4 Å². The molecule has 2 rings (SSSR count). The molecule has 16 heavy (non-hydrogen) atoms. The predicted molar refractivity (Wildman–Crippen MR) is 54.7 cm³/mol. The van der Waals surface area contributed by atoms with Crippen molar-refractivity contribution in [3.05, 3.63) is 24.0 Å². The van der Waals surface area contributed by atoms with Crippen molar-refractivity contribution in [3.63, 3.8) is 0 Å². The summed E-state index contributed by atoms with van der Waals surface area (Å²) in [6.45, 7) is 1.15. The van der Waals surface area contributed by atoms with E-state index in [1.807, 2.05) is 0 Å². The van der Waals surface area contributed by atoms with Gasteiger partial charge in [0.15, 0.2) is 5.82 Å². The summed E-state index contributed by atoms with van der Waals surface area (Å²) >= 11 is 0. The average molecular weight is 219 g/mol. The normalized spacial score (nSPS) is 14.8. The molecule has 4 nitrogen and oxygen atoms in total. The second kappa shape index (κ2) is 4.71. The minimum absolute atomic E-state index is 0.134. The van der Waals surface area contributed by atoms with Crippen molar-refractivity contribution in [3.8, 4) is 11.8 Å². The fourth-order valence-corrected chi connectivity index (χ4v) is 1.46. The summed E-state index contributed by atoms with van der Waals surface area (Å²) in [4.78, 5) is 20.3. The predicted octanol–water partition coefficient (Wildman–Crippen LogP) is 0.590. The van der Waals surface area contributed by atoms with Crippen LogP contribution in [0.25, 0.3) is 0 Å². The summed E-state index contributed by atoms with van der Waals surface area (Å²) in [5.74, 6) is 5.41. The van der Waals surface area contributed by atoms with Crippen LogP contribution in [-0.4, -0.2) is 33.9 Å². The summed E-state index contributed by atoms with van der Waals surface area (Å²) in [6, 6.07) is 0. The average Bonchev–Trinajstić information content (AvgIpc) is 2.68. The quantitative estimate of drug-likeness (QED) is 0.649. The van der Waals surface area contributed by atoms with Crippen molar-refractivity contribution in [2.75, 3.05) is 13.1 Å². The number of halogens is 1. The maximum Gasteiger partial charge on any atom is 0.223 e. The van der Waals surface area contributed by atoms with E-state index in [2.05, 4.69) is 21.8 Å².